The van der Waals surface area contributed by atoms with Gasteiger partial charge in [-0.1, -0.05) is 11.3 Å². The molecule has 0 unspecified atom stereocenters. The molecule has 1 aromatic carbocycles. The van der Waals surface area contributed by atoms with Crippen molar-refractivity contribution in [2.24, 2.45) is 5.73 Å². The molecule has 2 fully saturated rings. The van der Waals surface area contributed by atoms with E-state index in [-0.39, 0.29) is 12.1 Å². The Kier molecular flexibility index (Phi) is 3.93. The quantitative estimate of drug-likeness (QED) is 0.541. The first-order valence-electron chi connectivity index (χ1n) is 9.84. The van der Waals surface area contributed by atoms with Crippen LogP contribution in [0.4, 0.5) is 4.79 Å². The highest BCUT2D eigenvalue weighted by Crippen LogP contribution is 2.34. The minimum Gasteiger partial charge on any atom is -0.460 e. The first kappa shape index (κ1) is 17.7. The van der Waals surface area contributed by atoms with E-state index in [2.05, 4.69) is 20.9 Å². The van der Waals surface area contributed by atoms with E-state index in [1.165, 1.54) is 11.3 Å². The Balaban J connectivity index is 1.19. The average Bonchev–Trinajstić information content (AvgIpc) is 3.49. The van der Waals surface area contributed by atoms with Crippen LogP contribution in [0.25, 0.3) is 21.3 Å². The number of nitrogens with zero attached hydrogens (tertiary/aromatic N) is 4. The Bertz CT molecular complexity index is 1230. The topological polar surface area (TPSA) is 97.7 Å². The Morgan fingerprint density at radius 1 is 1.27 bits per heavy atom. The van der Waals surface area contributed by atoms with Crippen LogP contribution in [0.5, 0.6) is 10.9 Å². The predicted octanol–water partition coefficient (Wildman–Crippen LogP) is 3.57. The summed E-state index contributed by atoms with van der Waals surface area (Å²) < 4.78 is 13.0. The van der Waals surface area contributed by atoms with Crippen LogP contribution in [0.3, 0.4) is 0 Å². The molecule has 3 aromatic heterocycles. The summed E-state index contributed by atoms with van der Waals surface area (Å²) in [6, 6.07) is 12.0. The molecule has 5 heterocycles. The maximum Gasteiger partial charge on any atom is 0.315 e. The van der Waals surface area contributed by atoms with Crippen LogP contribution in [0.2, 0.25) is 0 Å². The molecule has 0 aliphatic carbocycles. The minimum atomic E-state index is -0.317. The Labute approximate surface area is 175 Å². The molecule has 6 rings (SSSR count). The number of thiazole rings is 1. The third-order valence-corrected chi connectivity index (χ3v) is 6.78. The van der Waals surface area contributed by atoms with Gasteiger partial charge in [0.15, 0.2) is 5.65 Å². The van der Waals surface area contributed by atoms with Crippen molar-refractivity contribution in [2.45, 2.75) is 25.0 Å². The summed E-state index contributed by atoms with van der Waals surface area (Å²) in [5.41, 5.74) is 6.93. The summed E-state index contributed by atoms with van der Waals surface area (Å²) in [7, 11) is 0. The lowest BCUT2D eigenvalue weighted by Gasteiger charge is -2.32. The van der Waals surface area contributed by atoms with E-state index < -0.39 is 0 Å². The number of primary amides is 1. The summed E-state index contributed by atoms with van der Waals surface area (Å²) in [5.74, 6) is 1.59. The fourth-order valence-corrected chi connectivity index (χ4v) is 5.31. The smallest absolute Gasteiger partial charge is 0.315 e. The third kappa shape index (κ3) is 2.98. The van der Waals surface area contributed by atoms with Gasteiger partial charge in [-0.3, -0.25) is 4.90 Å². The van der Waals surface area contributed by atoms with E-state index in [0.29, 0.717) is 29.2 Å². The number of furan rings is 1. The van der Waals surface area contributed by atoms with Crippen LogP contribution in [0, 0.1) is 0 Å². The molecule has 2 aliphatic rings. The van der Waals surface area contributed by atoms with Crippen molar-refractivity contribution in [1.82, 2.24) is 19.8 Å². The highest BCUT2D eigenvalue weighted by atomic mass is 32.1. The molecule has 2 atom stereocenters. The van der Waals surface area contributed by atoms with Gasteiger partial charge in [0, 0.05) is 42.8 Å². The van der Waals surface area contributed by atoms with Gasteiger partial charge in [0.2, 0.25) is 0 Å². The second kappa shape index (κ2) is 6.68. The molecule has 2 saturated heterocycles. The van der Waals surface area contributed by atoms with Crippen LogP contribution in [0.15, 0.2) is 47.0 Å². The molecule has 2 bridgehead atoms. The van der Waals surface area contributed by atoms with E-state index in [1.54, 1.807) is 11.1 Å². The Hall–Kier alpha value is -3.17. The number of nitrogens with two attached hydrogens (primary N) is 1. The van der Waals surface area contributed by atoms with Gasteiger partial charge in [0.1, 0.15) is 17.1 Å². The van der Waals surface area contributed by atoms with Crippen molar-refractivity contribution < 1.29 is 13.9 Å². The molecule has 0 radical (unpaired) electrons. The third-order valence-electron chi connectivity index (χ3n) is 5.89. The van der Waals surface area contributed by atoms with Gasteiger partial charge in [-0.2, -0.15) is 4.98 Å². The number of likely N-dealkylation sites (tertiary alicyclic amines) is 2. The number of fused-ring (bicyclic) bond motifs is 4. The number of amides is 2. The molecule has 0 saturated carbocycles. The number of aromatic nitrogens is 2. The monoisotopic (exact) mass is 421 g/mol. The molecule has 9 heteroatoms. The highest BCUT2D eigenvalue weighted by Gasteiger charge is 2.44. The zero-order chi connectivity index (χ0) is 20.2. The summed E-state index contributed by atoms with van der Waals surface area (Å²) in [6.45, 7) is 2.27. The number of hydrogen-bond donors (Lipinski definition) is 1. The zero-order valence-corrected chi connectivity index (χ0v) is 16.8. The standard InChI is InChI=1S/C21H19N5O3S/c22-20(27)26-10-13-7-14(26)9-25(13)11-16-6-12-3-4-15(8-17(12)28-16)29-21-24-19-18(30-21)2-1-5-23-19/h1-6,8,13-14H,7,9-11H2,(H2,22,27)/t13-,14-/m0/s1. The SMILES string of the molecule is NC(=O)N1C[C@@H]2C[C@H]1CN2Cc1cc2ccc(Oc3nc4ncccc4s3)cc2o1. The van der Waals surface area contributed by atoms with Crippen LogP contribution in [-0.2, 0) is 6.54 Å². The number of ether oxygens (including phenoxy) is 1. The predicted molar refractivity (Wildman–Crippen MR) is 113 cm³/mol. The largest absolute Gasteiger partial charge is 0.460 e. The van der Waals surface area contributed by atoms with Gasteiger partial charge in [0.25, 0.3) is 5.19 Å². The van der Waals surface area contributed by atoms with Crippen LogP contribution < -0.4 is 10.5 Å². The lowest BCUT2D eigenvalue weighted by molar-refractivity contribution is 0.132. The highest BCUT2D eigenvalue weighted by molar-refractivity contribution is 7.20. The molecule has 152 valence electrons. The van der Waals surface area contributed by atoms with E-state index in [9.17, 15) is 4.79 Å². The molecule has 8 nitrogen and oxygen atoms in total. The average molecular weight is 421 g/mol. The van der Waals surface area contributed by atoms with Crippen molar-refractivity contribution in [1.29, 1.82) is 0 Å². The Morgan fingerprint density at radius 3 is 3.00 bits per heavy atom. The van der Waals surface area contributed by atoms with Gasteiger partial charge in [-0.25, -0.2) is 9.78 Å². The van der Waals surface area contributed by atoms with Crippen molar-refractivity contribution in [3.05, 3.63) is 48.4 Å². The summed E-state index contributed by atoms with van der Waals surface area (Å²) in [4.78, 5) is 24.3. The summed E-state index contributed by atoms with van der Waals surface area (Å²) in [5, 5.41) is 1.59. The fourth-order valence-electron chi connectivity index (χ4n) is 4.51. The number of benzene rings is 1. The zero-order valence-electron chi connectivity index (χ0n) is 16.0. The van der Waals surface area contributed by atoms with Crippen LogP contribution in [-0.4, -0.2) is 51.0 Å². The van der Waals surface area contributed by atoms with Crippen molar-refractivity contribution in [3.8, 4) is 10.9 Å². The number of carbonyl (C=O) groups is 1. The second-order valence-corrected chi connectivity index (χ2v) is 8.78. The molecule has 2 N–H and O–H groups in total. The number of pyridine rings is 1. The number of carbonyl (C=O) groups excluding carboxylic acids is 1. The summed E-state index contributed by atoms with van der Waals surface area (Å²) >= 11 is 1.46. The lowest BCUT2D eigenvalue weighted by Crippen LogP contribution is -2.50. The molecule has 2 aliphatic heterocycles. The number of urea groups is 1. The molecule has 4 aromatic rings. The molecule has 2 amide bonds. The van der Waals surface area contributed by atoms with Gasteiger partial charge < -0.3 is 19.8 Å². The summed E-state index contributed by atoms with van der Waals surface area (Å²) in [6.07, 6.45) is 2.71. The molecular weight excluding hydrogens is 402 g/mol. The van der Waals surface area contributed by atoms with E-state index >= 15 is 0 Å². The number of rotatable bonds is 4. The first-order valence-corrected chi connectivity index (χ1v) is 10.7. The van der Waals surface area contributed by atoms with Crippen molar-refractivity contribution in [3.63, 3.8) is 0 Å². The van der Waals surface area contributed by atoms with E-state index in [4.69, 9.17) is 14.9 Å². The van der Waals surface area contributed by atoms with Crippen LogP contribution in [0.1, 0.15) is 12.2 Å². The van der Waals surface area contributed by atoms with Crippen molar-refractivity contribution in [2.75, 3.05) is 13.1 Å². The van der Waals surface area contributed by atoms with E-state index in [1.807, 2.05) is 30.3 Å². The van der Waals surface area contributed by atoms with Crippen LogP contribution >= 0.6 is 11.3 Å². The maximum atomic E-state index is 11.5. The molecular formula is C21H19N5O3S. The molecule has 0 spiro atoms. The normalized spacial score (nSPS) is 21.1. The number of hydrogen-bond acceptors (Lipinski definition) is 7. The fraction of sp³-hybridized carbons (Fsp3) is 0.286. The maximum absolute atomic E-state index is 11.5. The first-order chi connectivity index (χ1) is 14.6. The number of piperazine rings is 1. The lowest BCUT2D eigenvalue weighted by atomic mass is 10.2. The van der Waals surface area contributed by atoms with Gasteiger partial charge in [-0.15, -0.1) is 0 Å². The minimum absolute atomic E-state index is 0.222. The second-order valence-electron chi connectivity index (χ2n) is 7.78. The van der Waals surface area contributed by atoms with Gasteiger partial charge >= 0.3 is 6.03 Å². The molecule has 30 heavy (non-hydrogen) atoms. The van der Waals surface area contributed by atoms with Gasteiger partial charge in [-0.05, 0) is 36.8 Å². The van der Waals surface area contributed by atoms with Crippen molar-refractivity contribution >= 4 is 38.7 Å². The Morgan fingerprint density at radius 2 is 2.20 bits per heavy atom. The van der Waals surface area contributed by atoms with Gasteiger partial charge in [0.05, 0.1) is 11.2 Å². The van der Waals surface area contributed by atoms with E-state index in [0.717, 1.165) is 40.9 Å².